The molecule has 0 N–H and O–H groups in total. The fourth-order valence-corrected chi connectivity index (χ4v) is 2.08. The van der Waals surface area contributed by atoms with Crippen LogP contribution in [-0.4, -0.2) is 14.7 Å². The number of aromatic nitrogens is 3. The molecule has 0 saturated carbocycles. The molecule has 0 aliphatic rings. The monoisotopic (exact) mass is 269 g/mol. The second kappa shape index (κ2) is 4.78. The van der Waals surface area contributed by atoms with Gasteiger partial charge in [0.2, 0.25) is 0 Å². The quantitative estimate of drug-likeness (QED) is 0.667. The highest BCUT2D eigenvalue weighted by Gasteiger charge is 2.12. The van der Waals surface area contributed by atoms with Crippen LogP contribution in [0.1, 0.15) is 5.56 Å². The lowest BCUT2D eigenvalue weighted by atomic mass is 10.2. The second-order valence-electron chi connectivity index (χ2n) is 4.18. The van der Waals surface area contributed by atoms with Crippen molar-refractivity contribution in [1.29, 1.82) is 0 Å². The summed E-state index contributed by atoms with van der Waals surface area (Å²) in [6.07, 6.45) is 3.45. The lowest BCUT2D eigenvalue weighted by Crippen LogP contribution is -1.97. The molecule has 0 radical (unpaired) electrons. The summed E-state index contributed by atoms with van der Waals surface area (Å²) in [5.41, 5.74) is 2.98. The molecular formula is C14H11N3OS. The summed E-state index contributed by atoms with van der Waals surface area (Å²) in [5, 5.41) is 4.03. The Hall–Kier alpha value is -2.27. The standard InChI is InChI=1S/C14H11N3OS/c1-10-4-6-12(7-5-10)17-13(16-18-14(17)19)11-3-2-8-15-9-11/h2-9H,1H3. The van der Waals surface area contributed by atoms with Crippen molar-refractivity contribution >= 4 is 12.2 Å². The predicted molar refractivity (Wildman–Crippen MR) is 74.6 cm³/mol. The van der Waals surface area contributed by atoms with E-state index in [1.807, 2.05) is 43.3 Å². The Balaban J connectivity index is 2.19. The minimum Gasteiger partial charge on any atom is -0.323 e. The van der Waals surface area contributed by atoms with E-state index in [4.69, 9.17) is 16.7 Å². The number of nitrogens with zero attached hydrogens (tertiary/aromatic N) is 3. The molecular weight excluding hydrogens is 258 g/mol. The van der Waals surface area contributed by atoms with Crippen molar-refractivity contribution in [3.63, 3.8) is 0 Å². The fourth-order valence-electron chi connectivity index (χ4n) is 1.85. The van der Waals surface area contributed by atoms with Crippen LogP contribution in [0, 0.1) is 11.8 Å². The van der Waals surface area contributed by atoms with E-state index < -0.39 is 0 Å². The lowest BCUT2D eigenvalue weighted by molar-refractivity contribution is 0.403. The molecule has 1 aromatic carbocycles. The number of hydrogen-bond acceptors (Lipinski definition) is 4. The van der Waals surface area contributed by atoms with Crippen molar-refractivity contribution in [1.82, 2.24) is 14.7 Å². The van der Waals surface area contributed by atoms with Gasteiger partial charge in [-0.05, 0) is 43.4 Å². The van der Waals surface area contributed by atoms with Crippen LogP contribution in [0.15, 0.2) is 53.3 Å². The summed E-state index contributed by atoms with van der Waals surface area (Å²) in [6.45, 7) is 2.04. The van der Waals surface area contributed by atoms with Crippen LogP contribution < -0.4 is 0 Å². The predicted octanol–water partition coefficient (Wildman–Crippen LogP) is 3.57. The molecule has 4 nitrogen and oxygen atoms in total. The van der Waals surface area contributed by atoms with Gasteiger partial charge in [-0.3, -0.25) is 4.98 Å². The lowest BCUT2D eigenvalue weighted by Gasteiger charge is -2.05. The number of rotatable bonds is 2. The first kappa shape index (κ1) is 11.8. The number of hydrogen-bond donors (Lipinski definition) is 0. The maximum absolute atomic E-state index is 5.20. The highest BCUT2D eigenvalue weighted by Crippen LogP contribution is 2.21. The third-order valence-electron chi connectivity index (χ3n) is 2.82. The van der Waals surface area contributed by atoms with E-state index in [0.29, 0.717) is 10.7 Å². The molecule has 0 bridgehead atoms. The van der Waals surface area contributed by atoms with Crippen molar-refractivity contribution < 1.29 is 4.52 Å². The Morgan fingerprint density at radius 1 is 1.16 bits per heavy atom. The zero-order valence-corrected chi connectivity index (χ0v) is 11.1. The zero-order chi connectivity index (χ0) is 13.2. The third kappa shape index (κ3) is 2.20. The van der Waals surface area contributed by atoms with Crippen molar-refractivity contribution in [3.8, 4) is 17.1 Å². The molecule has 3 aromatic rings. The van der Waals surface area contributed by atoms with E-state index in [1.165, 1.54) is 5.56 Å². The van der Waals surface area contributed by atoms with Gasteiger partial charge in [0.25, 0.3) is 0 Å². The van der Waals surface area contributed by atoms with Crippen molar-refractivity contribution in [2.45, 2.75) is 6.92 Å². The van der Waals surface area contributed by atoms with Gasteiger partial charge >= 0.3 is 4.84 Å². The largest absolute Gasteiger partial charge is 0.323 e. The molecule has 0 fully saturated rings. The first-order valence-corrected chi connectivity index (χ1v) is 6.23. The van der Waals surface area contributed by atoms with Gasteiger partial charge < -0.3 is 4.52 Å². The number of aryl methyl sites for hydroxylation is 1. The summed E-state index contributed by atoms with van der Waals surface area (Å²) in [6, 6.07) is 11.8. The van der Waals surface area contributed by atoms with Gasteiger partial charge in [0.1, 0.15) is 0 Å². The summed E-state index contributed by atoms with van der Waals surface area (Å²) in [5.74, 6) is 0.655. The maximum Gasteiger partial charge on any atom is 0.302 e. The molecule has 0 aliphatic carbocycles. The second-order valence-corrected chi connectivity index (χ2v) is 4.53. The molecule has 0 atom stereocenters. The van der Waals surface area contributed by atoms with Gasteiger partial charge in [-0.2, -0.15) is 0 Å². The topological polar surface area (TPSA) is 43.9 Å². The molecule has 94 valence electrons. The molecule has 2 heterocycles. The van der Waals surface area contributed by atoms with Crippen LogP contribution in [0.3, 0.4) is 0 Å². The summed E-state index contributed by atoms with van der Waals surface area (Å²) in [7, 11) is 0. The van der Waals surface area contributed by atoms with Gasteiger partial charge in [0.15, 0.2) is 5.82 Å². The zero-order valence-electron chi connectivity index (χ0n) is 10.3. The van der Waals surface area contributed by atoms with Gasteiger partial charge in [0.05, 0.1) is 5.69 Å². The minimum absolute atomic E-state index is 0.322. The first-order chi connectivity index (χ1) is 9.25. The van der Waals surface area contributed by atoms with Crippen LogP contribution in [0.4, 0.5) is 0 Å². The molecule has 0 unspecified atom stereocenters. The van der Waals surface area contributed by atoms with Gasteiger partial charge in [-0.15, -0.1) is 0 Å². The van der Waals surface area contributed by atoms with Crippen LogP contribution in [0.2, 0.25) is 0 Å². The summed E-state index contributed by atoms with van der Waals surface area (Å²) < 4.78 is 6.93. The molecule has 0 aliphatic heterocycles. The van der Waals surface area contributed by atoms with E-state index >= 15 is 0 Å². The van der Waals surface area contributed by atoms with E-state index in [-0.39, 0.29) is 0 Å². The van der Waals surface area contributed by atoms with Gasteiger partial charge in [0, 0.05) is 18.0 Å². The Morgan fingerprint density at radius 2 is 1.95 bits per heavy atom. The van der Waals surface area contributed by atoms with E-state index in [2.05, 4.69) is 10.1 Å². The number of pyridine rings is 1. The smallest absolute Gasteiger partial charge is 0.302 e. The molecule has 0 amide bonds. The average Bonchev–Trinajstić information content (AvgIpc) is 2.83. The van der Waals surface area contributed by atoms with E-state index in [9.17, 15) is 0 Å². The Labute approximate surface area is 115 Å². The van der Waals surface area contributed by atoms with Crippen LogP contribution >= 0.6 is 12.2 Å². The molecule has 2 aromatic heterocycles. The normalized spacial score (nSPS) is 10.6. The molecule has 19 heavy (non-hydrogen) atoms. The Morgan fingerprint density at radius 3 is 2.63 bits per heavy atom. The van der Waals surface area contributed by atoms with Crippen molar-refractivity contribution in [2.75, 3.05) is 0 Å². The summed E-state index contributed by atoms with van der Waals surface area (Å²) >= 11 is 5.20. The van der Waals surface area contributed by atoms with E-state index in [0.717, 1.165) is 11.3 Å². The fraction of sp³-hybridized carbons (Fsp3) is 0.0714. The van der Waals surface area contributed by atoms with Gasteiger partial charge in [-0.25, -0.2) is 4.57 Å². The Kier molecular flexibility index (Phi) is 2.97. The number of benzene rings is 1. The maximum atomic E-state index is 5.20. The molecule has 0 spiro atoms. The minimum atomic E-state index is 0.322. The molecule has 0 saturated heterocycles. The average molecular weight is 269 g/mol. The molecule has 5 heteroatoms. The van der Waals surface area contributed by atoms with Gasteiger partial charge in [-0.1, -0.05) is 22.9 Å². The van der Waals surface area contributed by atoms with Crippen LogP contribution in [0.25, 0.3) is 17.1 Å². The third-order valence-corrected chi connectivity index (χ3v) is 3.07. The van der Waals surface area contributed by atoms with Crippen molar-refractivity contribution in [2.24, 2.45) is 0 Å². The van der Waals surface area contributed by atoms with Crippen LogP contribution in [0.5, 0.6) is 0 Å². The van der Waals surface area contributed by atoms with Crippen molar-refractivity contribution in [3.05, 3.63) is 59.2 Å². The SMILES string of the molecule is Cc1ccc(-n2c(-c3cccnc3)noc2=S)cc1. The highest BCUT2D eigenvalue weighted by atomic mass is 32.1. The molecule has 3 rings (SSSR count). The van der Waals surface area contributed by atoms with Crippen LogP contribution in [-0.2, 0) is 0 Å². The first-order valence-electron chi connectivity index (χ1n) is 5.82. The summed E-state index contributed by atoms with van der Waals surface area (Å²) in [4.78, 5) is 4.41. The van der Waals surface area contributed by atoms with E-state index in [1.54, 1.807) is 17.0 Å². The Bertz CT molecular complexity index is 744. The highest BCUT2D eigenvalue weighted by molar-refractivity contribution is 7.71.